The molecule has 0 spiro atoms. The van der Waals surface area contributed by atoms with Gasteiger partial charge in [-0.2, -0.15) is 0 Å². The molecule has 1 unspecified atom stereocenters. The van der Waals surface area contributed by atoms with Gasteiger partial charge in [-0.05, 0) is 43.0 Å². The topological polar surface area (TPSA) is 12.0 Å². The van der Waals surface area contributed by atoms with Crippen molar-refractivity contribution in [1.29, 1.82) is 0 Å². The van der Waals surface area contributed by atoms with E-state index < -0.39 is 0 Å². The van der Waals surface area contributed by atoms with Gasteiger partial charge in [0, 0.05) is 6.04 Å². The Morgan fingerprint density at radius 2 is 1.71 bits per heavy atom. The average molecular weight is 281 g/mol. The first-order chi connectivity index (χ1) is 10.2. The van der Waals surface area contributed by atoms with Crippen LogP contribution >= 0.6 is 0 Å². The van der Waals surface area contributed by atoms with Crippen molar-refractivity contribution in [2.75, 3.05) is 6.54 Å². The summed E-state index contributed by atoms with van der Waals surface area (Å²) < 4.78 is 0. The number of rotatable bonds is 7. The minimum atomic E-state index is 0.397. The van der Waals surface area contributed by atoms with Crippen LogP contribution in [0, 0.1) is 6.92 Å². The summed E-state index contributed by atoms with van der Waals surface area (Å²) in [5, 5.41) is 3.64. The highest BCUT2D eigenvalue weighted by molar-refractivity contribution is 5.29. The van der Waals surface area contributed by atoms with Crippen LogP contribution in [0.2, 0.25) is 0 Å². The van der Waals surface area contributed by atoms with E-state index in [-0.39, 0.29) is 0 Å². The molecule has 2 aromatic rings. The van der Waals surface area contributed by atoms with Crippen LogP contribution in [0.25, 0.3) is 0 Å². The molecule has 112 valence electrons. The molecule has 0 aromatic heterocycles. The van der Waals surface area contributed by atoms with Crippen LogP contribution < -0.4 is 5.32 Å². The van der Waals surface area contributed by atoms with Gasteiger partial charge in [0.1, 0.15) is 0 Å². The lowest BCUT2D eigenvalue weighted by Gasteiger charge is -2.19. The first-order valence-corrected chi connectivity index (χ1v) is 8.10. The van der Waals surface area contributed by atoms with Crippen LogP contribution in [0.5, 0.6) is 0 Å². The molecule has 0 bridgehead atoms. The van der Waals surface area contributed by atoms with Gasteiger partial charge in [-0.1, -0.05) is 74.4 Å². The summed E-state index contributed by atoms with van der Waals surface area (Å²) in [4.78, 5) is 0. The number of benzene rings is 2. The van der Waals surface area contributed by atoms with Crippen molar-refractivity contribution < 1.29 is 0 Å². The molecule has 0 saturated carbocycles. The van der Waals surface area contributed by atoms with E-state index in [1.807, 2.05) is 0 Å². The normalized spacial score (nSPS) is 12.3. The predicted octanol–water partition coefficient (Wildman–Crippen LogP) is 4.84. The maximum absolute atomic E-state index is 3.64. The summed E-state index contributed by atoms with van der Waals surface area (Å²) in [7, 11) is 0. The zero-order chi connectivity index (χ0) is 15.1. The van der Waals surface area contributed by atoms with Crippen LogP contribution in [-0.4, -0.2) is 6.54 Å². The van der Waals surface area contributed by atoms with Crippen molar-refractivity contribution in [3.8, 4) is 0 Å². The Bertz CT molecular complexity index is 559. The lowest BCUT2D eigenvalue weighted by molar-refractivity contribution is 0.549. The monoisotopic (exact) mass is 281 g/mol. The molecule has 1 N–H and O–H groups in total. The van der Waals surface area contributed by atoms with Crippen molar-refractivity contribution in [2.45, 2.75) is 46.1 Å². The molecular formula is C20H27N. The van der Waals surface area contributed by atoms with Gasteiger partial charge in [0.2, 0.25) is 0 Å². The smallest absolute Gasteiger partial charge is 0.0360 e. The second kappa shape index (κ2) is 7.99. The summed E-state index contributed by atoms with van der Waals surface area (Å²) in [6.45, 7) is 7.57. The number of nitrogens with one attached hydrogen (secondary N) is 1. The van der Waals surface area contributed by atoms with E-state index in [2.05, 4.69) is 74.6 Å². The molecule has 1 heteroatoms. The van der Waals surface area contributed by atoms with E-state index in [0.29, 0.717) is 6.04 Å². The molecule has 0 heterocycles. The van der Waals surface area contributed by atoms with E-state index in [4.69, 9.17) is 0 Å². The van der Waals surface area contributed by atoms with Gasteiger partial charge in [0.25, 0.3) is 0 Å². The molecule has 0 aliphatic heterocycles. The third-order valence-corrected chi connectivity index (χ3v) is 3.86. The Kier molecular flexibility index (Phi) is 6.01. The highest BCUT2D eigenvalue weighted by Crippen LogP contribution is 2.21. The van der Waals surface area contributed by atoms with Crippen molar-refractivity contribution in [3.63, 3.8) is 0 Å². The minimum Gasteiger partial charge on any atom is -0.310 e. The zero-order valence-corrected chi connectivity index (χ0v) is 13.5. The fourth-order valence-electron chi connectivity index (χ4n) is 2.88. The van der Waals surface area contributed by atoms with E-state index in [9.17, 15) is 0 Å². The molecule has 0 aliphatic carbocycles. The summed E-state index contributed by atoms with van der Waals surface area (Å²) in [5.41, 5.74) is 5.59. The van der Waals surface area contributed by atoms with Crippen LogP contribution in [0.3, 0.4) is 0 Å². The fraction of sp³-hybridized carbons (Fsp3) is 0.400. The number of hydrogen-bond donors (Lipinski definition) is 1. The van der Waals surface area contributed by atoms with Gasteiger partial charge >= 0.3 is 0 Å². The Balaban J connectivity index is 2.19. The van der Waals surface area contributed by atoms with Gasteiger partial charge in [0.15, 0.2) is 0 Å². The average Bonchev–Trinajstić information content (AvgIpc) is 2.47. The molecule has 0 saturated heterocycles. The van der Waals surface area contributed by atoms with Gasteiger partial charge in [-0.25, -0.2) is 0 Å². The second-order valence-electron chi connectivity index (χ2n) is 5.80. The fourth-order valence-corrected chi connectivity index (χ4v) is 2.88. The molecule has 21 heavy (non-hydrogen) atoms. The molecule has 2 rings (SSSR count). The molecule has 0 aliphatic rings. The van der Waals surface area contributed by atoms with Crippen molar-refractivity contribution in [2.24, 2.45) is 0 Å². The first-order valence-electron chi connectivity index (χ1n) is 8.10. The van der Waals surface area contributed by atoms with Crippen LogP contribution in [-0.2, 0) is 12.8 Å². The molecular weight excluding hydrogens is 254 g/mol. The first kappa shape index (κ1) is 15.8. The van der Waals surface area contributed by atoms with Gasteiger partial charge in [-0.15, -0.1) is 0 Å². The Morgan fingerprint density at radius 1 is 0.952 bits per heavy atom. The number of hydrogen-bond acceptors (Lipinski definition) is 1. The summed E-state index contributed by atoms with van der Waals surface area (Å²) in [5.74, 6) is 0. The minimum absolute atomic E-state index is 0.397. The number of aryl methyl sites for hydroxylation is 2. The SMILES string of the molecule is CCCc1cccc(C(Cc2cccc(C)c2)NCC)c1. The maximum Gasteiger partial charge on any atom is 0.0360 e. The lowest BCUT2D eigenvalue weighted by atomic mass is 9.95. The third-order valence-electron chi connectivity index (χ3n) is 3.86. The molecule has 0 fully saturated rings. The van der Waals surface area contributed by atoms with E-state index in [1.165, 1.54) is 28.7 Å². The second-order valence-corrected chi connectivity index (χ2v) is 5.80. The van der Waals surface area contributed by atoms with Gasteiger partial charge in [-0.3, -0.25) is 0 Å². The Labute approximate surface area is 129 Å². The predicted molar refractivity (Wildman–Crippen MR) is 91.7 cm³/mol. The third kappa shape index (κ3) is 4.71. The number of likely N-dealkylation sites (N-methyl/N-ethyl adjacent to an activating group) is 1. The van der Waals surface area contributed by atoms with E-state index in [0.717, 1.165) is 19.4 Å². The lowest BCUT2D eigenvalue weighted by Crippen LogP contribution is -2.23. The molecule has 0 radical (unpaired) electrons. The van der Waals surface area contributed by atoms with Gasteiger partial charge in [0.05, 0.1) is 0 Å². The van der Waals surface area contributed by atoms with Gasteiger partial charge < -0.3 is 5.32 Å². The van der Waals surface area contributed by atoms with E-state index in [1.54, 1.807) is 0 Å². The van der Waals surface area contributed by atoms with Crippen LogP contribution in [0.1, 0.15) is 48.6 Å². The van der Waals surface area contributed by atoms with Crippen LogP contribution in [0.15, 0.2) is 48.5 Å². The quantitative estimate of drug-likeness (QED) is 0.765. The van der Waals surface area contributed by atoms with Crippen LogP contribution in [0.4, 0.5) is 0 Å². The molecule has 0 amide bonds. The molecule has 1 nitrogen and oxygen atoms in total. The van der Waals surface area contributed by atoms with Crippen molar-refractivity contribution in [1.82, 2.24) is 5.32 Å². The van der Waals surface area contributed by atoms with Crippen molar-refractivity contribution in [3.05, 3.63) is 70.8 Å². The summed E-state index contributed by atoms with van der Waals surface area (Å²) in [6, 6.07) is 18.3. The Morgan fingerprint density at radius 3 is 2.43 bits per heavy atom. The highest BCUT2D eigenvalue weighted by atomic mass is 14.9. The maximum atomic E-state index is 3.64. The Hall–Kier alpha value is -1.60. The standard InChI is InChI=1S/C20H27N/c1-4-8-17-10-7-12-19(14-17)20(21-5-2)15-18-11-6-9-16(3)13-18/h6-7,9-14,20-21H,4-5,8,15H2,1-3H3. The van der Waals surface area contributed by atoms with Crippen molar-refractivity contribution >= 4 is 0 Å². The summed E-state index contributed by atoms with van der Waals surface area (Å²) in [6.07, 6.45) is 3.41. The zero-order valence-electron chi connectivity index (χ0n) is 13.5. The largest absolute Gasteiger partial charge is 0.310 e. The summed E-state index contributed by atoms with van der Waals surface area (Å²) >= 11 is 0. The van der Waals surface area contributed by atoms with E-state index >= 15 is 0 Å². The molecule has 2 aromatic carbocycles. The molecule has 1 atom stereocenters. The highest BCUT2D eigenvalue weighted by Gasteiger charge is 2.11.